The fraction of sp³-hybridized carbons (Fsp3) is 0.400. The average molecular weight is 401 g/mol. The van der Waals surface area contributed by atoms with Gasteiger partial charge in [-0.2, -0.15) is 4.31 Å². The summed E-state index contributed by atoms with van der Waals surface area (Å²) in [6, 6.07) is 10.9. The first-order chi connectivity index (χ1) is 13.4. The summed E-state index contributed by atoms with van der Waals surface area (Å²) in [4.78, 5) is 20.3. The summed E-state index contributed by atoms with van der Waals surface area (Å²) in [5, 5.41) is 0. The Morgan fingerprint density at radius 3 is 2.54 bits per heavy atom. The van der Waals surface area contributed by atoms with Gasteiger partial charge in [0.25, 0.3) is 0 Å². The zero-order chi connectivity index (χ0) is 19.7. The molecule has 2 aliphatic rings. The van der Waals surface area contributed by atoms with Crippen molar-refractivity contribution in [3.8, 4) is 0 Å². The Kier molecular flexibility index (Phi) is 5.18. The number of hydrogen-bond donors (Lipinski definition) is 0. The summed E-state index contributed by atoms with van der Waals surface area (Å²) in [5.41, 5.74) is 2.74. The van der Waals surface area contributed by atoms with E-state index in [1.807, 2.05) is 18.2 Å². The van der Waals surface area contributed by atoms with Crippen LogP contribution in [0.3, 0.4) is 0 Å². The van der Waals surface area contributed by atoms with E-state index in [9.17, 15) is 13.2 Å². The summed E-state index contributed by atoms with van der Waals surface area (Å²) in [5.74, 6) is -0.0154. The SMILES string of the molecule is CC(=O)N1CCc2cc(S(=O)(=O)N3CCN(Cc4ccccn4)CC3)ccc21. The number of aromatic nitrogens is 1. The maximum absolute atomic E-state index is 13.1. The smallest absolute Gasteiger partial charge is 0.243 e. The molecule has 0 radical (unpaired) electrons. The van der Waals surface area contributed by atoms with Crippen molar-refractivity contribution < 1.29 is 13.2 Å². The largest absolute Gasteiger partial charge is 0.312 e. The van der Waals surface area contributed by atoms with Gasteiger partial charge in [0.2, 0.25) is 15.9 Å². The quantitative estimate of drug-likeness (QED) is 0.778. The summed E-state index contributed by atoms with van der Waals surface area (Å²) >= 11 is 0. The van der Waals surface area contributed by atoms with Crippen molar-refractivity contribution in [2.45, 2.75) is 24.8 Å². The molecule has 28 heavy (non-hydrogen) atoms. The number of carbonyl (C=O) groups is 1. The Labute approximate surface area is 165 Å². The van der Waals surface area contributed by atoms with Crippen LogP contribution in [0.1, 0.15) is 18.2 Å². The van der Waals surface area contributed by atoms with Gasteiger partial charge >= 0.3 is 0 Å². The maximum Gasteiger partial charge on any atom is 0.243 e. The number of rotatable bonds is 4. The first-order valence-electron chi connectivity index (χ1n) is 9.48. The van der Waals surface area contributed by atoms with Crippen molar-refractivity contribution in [2.24, 2.45) is 0 Å². The van der Waals surface area contributed by atoms with E-state index in [-0.39, 0.29) is 5.91 Å². The molecular formula is C20H24N4O3S. The van der Waals surface area contributed by atoms with Crippen LogP contribution in [-0.4, -0.2) is 61.2 Å². The van der Waals surface area contributed by atoms with Crippen LogP contribution in [0.5, 0.6) is 0 Å². The van der Waals surface area contributed by atoms with Crippen LogP contribution >= 0.6 is 0 Å². The predicted molar refractivity (Wildman–Crippen MR) is 106 cm³/mol. The molecule has 3 heterocycles. The molecule has 1 aromatic carbocycles. The topological polar surface area (TPSA) is 73.8 Å². The van der Waals surface area contributed by atoms with Gasteiger partial charge in [-0.1, -0.05) is 6.07 Å². The number of hydrogen-bond acceptors (Lipinski definition) is 5. The number of pyridine rings is 1. The number of anilines is 1. The molecule has 1 fully saturated rings. The zero-order valence-corrected chi connectivity index (χ0v) is 16.7. The minimum absolute atomic E-state index is 0.0154. The van der Waals surface area contributed by atoms with Gasteiger partial charge in [-0.15, -0.1) is 0 Å². The van der Waals surface area contributed by atoms with Crippen molar-refractivity contribution in [1.82, 2.24) is 14.2 Å². The molecule has 0 atom stereocenters. The highest BCUT2D eigenvalue weighted by Gasteiger charge is 2.30. The fourth-order valence-electron chi connectivity index (χ4n) is 3.86. The fourth-order valence-corrected chi connectivity index (χ4v) is 5.34. The molecule has 2 aromatic rings. The summed E-state index contributed by atoms with van der Waals surface area (Å²) in [7, 11) is -3.53. The van der Waals surface area contributed by atoms with E-state index in [0.717, 1.165) is 23.5 Å². The molecule has 4 rings (SSSR count). The van der Waals surface area contributed by atoms with Crippen LogP contribution in [0.2, 0.25) is 0 Å². The highest BCUT2D eigenvalue weighted by molar-refractivity contribution is 7.89. The first kappa shape index (κ1) is 19.0. The van der Waals surface area contributed by atoms with E-state index >= 15 is 0 Å². The van der Waals surface area contributed by atoms with E-state index in [4.69, 9.17) is 0 Å². The molecule has 7 nitrogen and oxygen atoms in total. The number of benzene rings is 1. The van der Waals surface area contributed by atoms with E-state index in [0.29, 0.717) is 44.0 Å². The van der Waals surface area contributed by atoms with E-state index in [1.165, 1.54) is 6.92 Å². The van der Waals surface area contributed by atoms with Gasteiger partial charge in [0.05, 0.1) is 10.6 Å². The van der Waals surface area contributed by atoms with Crippen LogP contribution < -0.4 is 4.90 Å². The molecule has 2 aliphatic heterocycles. The van der Waals surface area contributed by atoms with Crippen LogP contribution in [-0.2, 0) is 27.8 Å². The molecule has 0 spiro atoms. The molecule has 0 saturated carbocycles. The Morgan fingerprint density at radius 2 is 1.86 bits per heavy atom. The van der Waals surface area contributed by atoms with Gasteiger partial charge in [0, 0.05) is 58.1 Å². The molecule has 0 unspecified atom stereocenters. The Balaban J connectivity index is 1.44. The monoisotopic (exact) mass is 400 g/mol. The molecule has 1 saturated heterocycles. The standard InChI is InChI=1S/C20H24N4O3S/c1-16(25)24-9-7-17-14-19(5-6-20(17)24)28(26,27)23-12-10-22(11-13-23)15-18-4-2-3-8-21-18/h2-6,8,14H,7,9-13,15H2,1H3. The van der Waals surface area contributed by atoms with Crippen molar-refractivity contribution in [2.75, 3.05) is 37.6 Å². The minimum Gasteiger partial charge on any atom is -0.312 e. The molecule has 1 aromatic heterocycles. The van der Waals surface area contributed by atoms with Crippen LogP contribution in [0.4, 0.5) is 5.69 Å². The van der Waals surface area contributed by atoms with Gasteiger partial charge in [-0.05, 0) is 42.3 Å². The second-order valence-corrected chi connectivity index (χ2v) is 9.15. The highest BCUT2D eigenvalue weighted by Crippen LogP contribution is 2.31. The van der Waals surface area contributed by atoms with E-state index < -0.39 is 10.0 Å². The number of piperazine rings is 1. The highest BCUT2D eigenvalue weighted by atomic mass is 32.2. The second kappa shape index (κ2) is 7.62. The van der Waals surface area contributed by atoms with E-state index in [2.05, 4.69) is 9.88 Å². The number of amides is 1. The lowest BCUT2D eigenvalue weighted by Crippen LogP contribution is -2.48. The first-order valence-corrected chi connectivity index (χ1v) is 10.9. The van der Waals surface area contributed by atoms with Crippen molar-refractivity contribution in [3.05, 3.63) is 53.9 Å². The second-order valence-electron chi connectivity index (χ2n) is 7.21. The van der Waals surface area contributed by atoms with Gasteiger partial charge in [0.1, 0.15) is 0 Å². The minimum atomic E-state index is -3.53. The number of nitrogens with zero attached hydrogens (tertiary/aromatic N) is 4. The molecule has 0 bridgehead atoms. The summed E-state index contributed by atoms with van der Waals surface area (Å²) in [6.07, 6.45) is 2.47. The lowest BCUT2D eigenvalue weighted by atomic mass is 10.2. The Morgan fingerprint density at radius 1 is 1.07 bits per heavy atom. The lowest BCUT2D eigenvalue weighted by molar-refractivity contribution is -0.116. The summed E-state index contributed by atoms with van der Waals surface area (Å²) in [6.45, 7) is 5.16. The number of fused-ring (bicyclic) bond motifs is 1. The Bertz CT molecular complexity index is 970. The van der Waals surface area contributed by atoms with Crippen molar-refractivity contribution >= 4 is 21.6 Å². The van der Waals surface area contributed by atoms with Crippen LogP contribution in [0, 0.1) is 0 Å². The average Bonchev–Trinajstić information content (AvgIpc) is 3.13. The summed E-state index contributed by atoms with van der Waals surface area (Å²) < 4.78 is 27.7. The third-order valence-corrected chi connectivity index (χ3v) is 7.30. The molecule has 148 valence electrons. The third kappa shape index (κ3) is 3.67. The molecule has 1 amide bonds. The van der Waals surface area contributed by atoms with Crippen LogP contribution in [0.25, 0.3) is 0 Å². The molecule has 0 aliphatic carbocycles. The number of carbonyl (C=O) groups excluding carboxylic acids is 1. The normalized spacial score (nSPS) is 18.2. The third-order valence-electron chi connectivity index (χ3n) is 5.41. The molecule has 0 N–H and O–H groups in total. The van der Waals surface area contributed by atoms with Crippen LogP contribution in [0.15, 0.2) is 47.5 Å². The maximum atomic E-state index is 13.1. The van der Waals surface area contributed by atoms with Gasteiger partial charge in [-0.3, -0.25) is 14.7 Å². The van der Waals surface area contributed by atoms with Gasteiger partial charge < -0.3 is 4.90 Å². The van der Waals surface area contributed by atoms with E-state index in [1.54, 1.807) is 33.6 Å². The molecule has 8 heteroatoms. The van der Waals surface area contributed by atoms with Crippen molar-refractivity contribution in [1.29, 1.82) is 0 Å². The lowest BCUT2D eigenvalue weighted by Gasteiger charge is -2.33. The van der Waals surface area contributed by atoms with Crippen molar-refractivity contribution in [3.63, 3.8) is 0 Å². The number of sulfonamides is 1. The van der Waals surface area contributed by atoms with Gasteiger partial charge in [0.15, 0.2) is 0 Å². The zero-order valence-electron chi connectivity index (χ0n) is 15.9. The Hall–Kier alpha value is -2.29. The van der Waals surface area contributed by atoms with Gasteiger partial charge in [-0.25, -0.2) is 8.42 Å². The predicted octanol–water partition coefficient (Wildman–Crippen LogP) is 1.50. The molecular weight excluding hydrogens is 376 g/mol.